The lowest BCUT2D eigenvalue weighted by atomic mass is 9.87. The molecule has 2 heteroatoms. The van der Waals surface area contributed by atoms with Gasteiger partial charge in [-0.05, 0) is 55.8 Å². The van der Waals surface area contributed by atoms with Gasteiger partial charge in [0, 0.05) is 19.1 Å². The molecule has 0 radical (unpaired) electrons. The lowest BCUT2D eigenvalue weighted by Gasteiger charge is -2.27. The monoisotopic (exact) mass is 288 g/mol. The maximum absolute atomic E-state index is 3.79. The van der Waals surface area contributed by atoms with E-state index in [2.05, 4.69) is 55.3 Å². The highest BCUT2D eigenvalue weighted by atomic mass is 15.1. The van der Waals surface area contributed by atoms with Crippen molar-refractivity contribution in [3.8, 4) is 0 Å². The van der Waals surface area contributed by atoms with Gasteiger partial charge in [-0.1, -0.05) is 45.0 Å². The molecule has 1 aromatic carbocycles. The Balaban J connectivity index is 1.90. The van der Waals surface area contributed by atoms with Gasteiger partial charge in [0.05, 0.1) is 0 Å². The summed E-state index contributed by atoms with van der Waals surface area (Å²) < 4.78 is 0. The van der Waals surface area contributed by atoms with Crippen molar-refractivity contribution in [2.75, 3.05) is 13.1 Å². The largest absolute Gasteiger partial charge is 0.310 e. The predicted octanol–water partition coefficient (Wildman–Crippen LogP) is 4.20. The zero-order chi connectivity index (χ0) is 15.1. The molecule has 0 unspecified atom stereocenters. The van der Waals surface area contributed by atoms with Crippen LogP contribution in [0, 0.1) is 5.92 Å². The van der Waals surface area contributed by atoms with E-state index in [9.17, 15) is 0 Å². The van der Waals surface area contributed by atoms with Crippen molar-refractivity contribution in [2.24, 2.45) is 5.92 Å². The van der Waals surface area contributed by atoms with Crippen LogP contribution in [-0.2, 0) is 13.1 Å². The topological polar surface area (TPSA) is 15.3 Å². The molecule has 0 atom stereocenters. The standard InChI is InChI=1S/C19H32N2/c1-4-21(5-2)15-18-9-7-6-8-17(18)14-20-19-12-10-16(3)11-13-19/h6-9,16,19-20H,4-5,10-15H2,1-3H3. The molecular formula is C19H32N2. The molecule has 0 aliphatic heterocycles. The van der Waals surface area contributed by atoms with E-state index in [4.69, 9.17) is 0 Å². The van der Waals surface area contributed by atoms with Crippen LogP contribution in [0.5, 0.6) is 0 Å². The summed E-state index contributed by atoms with van der Waals surface area (Å²) in [6.07, 6.45) is 5.47. The first-order chi connectivity index (χ1) is 10.2. The Kier molecular flexibility index (Phi) is 6.72. The van der Waals surface area contributed by atoms with E-state index in [0.29, 0.717) is 0 Å². The minimum absolute atomic E-state index is 0.725. The van der Waals surface area contributed by atoms with Gasteiger partial charge in [0.15, 0.2) is 0 Å². The van der Waals surface area contributed by atoms with Crippen LogP contribution in [0.1, 0.15) is 57.6 Å². The first-order valence-electron chi connectivity index (χ1n) is 8.75. The number of hydrogen-bond acceptors (Lipinski definition) is 2. The molecule has 1 saturated carbocycles. The Bertz CT molecular complexity index is 404. The fraction of sp³-hybridized carbons (Fsp3) is 0.684. The zero-order valence-corrected chi connectivity index (χ0v) is 14.1. The highest BCUT2D eigenvalue weighted by Crippen LogP contribution is 2.24. The third-order valence-corrected chi connectivity index (χ3v) is 5.00. The summed E-state index contributed by atoms with van der Waals surface area (Å²) in [5.41, 5.74) is 2.96. The van der Waals surface area contributed by atoms with E-state index in [1.54, 1.807) is 0 Å². The van der Waals surface area contributed by atoms with E-state index in [-0.39, 0.29) is 0 Å². The van der Waals surface area contributed by atoms with Crippen molar-refractivity contribution < 1.29 is 0 Å². The lowest BCUT2D eigenvalue weighted by molar-refractivity contribution is 0.292. The fourth-order valence-electron chi connectivity index (χ4n) is 3.29. The van der Waals surface area contributed by atoms with Crippen LogP contribution >= 0.6 is 0 Å². The number of nitrogens with zero attached hydrogens (tertiary/aromatic N) is 1. The van der Waals surface area contributed by atoms with Crippen LogP contribution in [0.2, 0.25) is 0 Å². The molecule has 0 amide bonds. The van der Waals surface area contributed by atoms with Gasteiger partial charge in [0.1, 0.15) is 0 Å². The molecule has 0 bridgehead atoms. The first-order valence-corrected chi connectivity index (χ1v) is 8.75. The van der Waals surface area contributed by atoms with E-state index < -0.39 is 0 Å². The molecule has 1 aliphatic carbocycles. The molecule has 0 saturated heterocycles. The van der Waals surface area contributed by atoms with Crippen molar-refractivity contribution in [2.45, 2.75) is 65.6 Å². The van der Waals surface area contributed by atoms with Crippen molar-refractivity contribution >= 4 is 0 Å². The van der Waals surface area contributed by atoms with Gasteiger partial charge in [-0.15, -0.1) is 0 Å². The second-order valence-electron chi connectivity index (χ2n) is 6.57. The van der Waals surface area contributed by atoms with Crippen LogP contribution in [-0.4, -0.2) is 24.0 Å². The Morgan fingerprint density at radius 1 is 1.00 bits per heavy atom. The maximum Gasteiger partial charge on any atom is 0.0236 e. The van der Waals surface area contributed by atoms with Crippen molar-refractivity contribution in [3.05, 3.63) is 35.4 Å². The summed E-state index contributed by atoms with van der Waals surface area (Å²) in [7, 11) is 0. The van der Waals surface area contributed by atoms with Crippen molar-refractivity contribution in [1.82, 2.24) is 10.2 Å². The normalized spacial score (nSPS) is 22.7. The fourth-order valence-corrected chi connectivity index (χ4v) is 3.29. The summed E-state index contributed by atoms with van der Waals surface area (Å²) in [5.74, 6) is 0.929. The molecule has 1 N–H and O–H groups in total. The van der Waals surface area contributed by atoms with Gasteiger partial charge < -0.3 is 5.32 Å². The average molecular weight is 288 g/mol. The Morgan fingerprint density at radius 3 is 2.24 bits per heavy atom. The Hall–Kier alpha value is -0.860. The van der Waals surface area contributed by atoms with Gasteiger partial charge in [0.25, 0.3) is 0 Å². The minimum Gasteiger partial charge on any atom is -0.310 e. The maximum atomic E-state index is 3.79. The smallest absolute Gasteiger partial charge is 0.0236 e. The predicted molar refractivity (Wildman–Crippen MR) is 91.3 cm³/mol. The second-order valence-corrected chi connectivity index (χ2v) is 6.57. The van der Waals surface area contributed by atoms with Gasteiger partial charge >= 0.3 is 0 Å². The zero-order valence-electron chi connectivity index (χ0n) is 14.1. The van der Waals surface area contributed by atoms with Gasteiger partial charge in [-0.25, -0.2) is 0 Å². The molecule has 1 aromatic rings. The van der Waals surface area contributed by atoms with Gasteiger partial charge in [-0.2, -0.15) is 0 Å². The van der Waals surface area contributed by atoms with E-state index in [0.717, 1.165) is 38.1 Å². The Labute approximate surface area is 130 Å². The van der Waals surface area contributed by atoms with Crippen LogP contribution < -0.4 is 5.32 Å². The van der Waals surface area contributed by atoms with Crippen molar-refractivity contribution in [3.63, 3.8) is 0 Å². The summed E-state index contributed by atoms with van der Waals surface area (Å²) in [6, 6.07) is 9.65. The Morgan fingerprint density at radius 2 is 1.62 bits per heavy atom. The third kappa shape index (κ3) is 5.12. The van der Waals surface area contributed by atoms with Crippen LogP contribution in [0.4, 0.5) is 0 Å². The van der Waals surface area contributed by atoms with E-state index in [1.807, 2.05) is 0 Å². The number of rotatable bonds is 7. The van der Waals surface area contributed by atoms with Gasteiger partial charge in [-0.3, -0.25) is 4.90 Å². The summed E-state index contributed by atoms with van der Waals surface area (Å²) in [5, 5.41) is 3.79. The second kappa shape index (κ2) is 8.55. The lowest BCUT2D eigenvalue weighted by Crippen LogP contribution is -2.32. The molecule has 2 nitrogen and oxygen atoms in total. The van der Waals surface area contributed by atoms with E-state index in [1.165, 1.54) is 36.8 Å². The highest BCUT2D eigenvalue weighted by molar-refractivity contribution is 5.27. The molecular weight excluding hydrogens is 256 g/mol. The van der Waals surface area contributed by atoms with E-state index >= 15 is 0 Å². The summed E-state index contributed by atoms with van der Waals surface area (Å²) >= 11 is 0. The molecule has 0 heterocycles. The highest BCUT2D eigenvalue weighted by Gasteiger charge is 2.17. The molecule has 1 fully saturated rings. The number of nitrogens with one attached hydrogen (secondary N) is 1. The van der Waals surface area contributed by atoms with Crippen molar-refractivity contribution in [1.29, 1.82) is 0 Å². The first kappa shape index (κ1) is 16.5. The van der Waals surface area contributed by atoms with Gasteiger partial charge in [0.2, 0.25) is 0 Å². The number of benzene rings is 1. The van der Waals surface area contributed by atoms with Crippen LogP contribution in [0.25, 0.3) is 0 Å². The molecule has 0 aromatic heterocycles. The molecule has 1 aliphatic rings. The molecule has 2 rings (SSSR count). The summed E-state index contributed by atoms with van der Waals surface area (Å²) in [4.78, 5) is 2.49. The number of hydrogen-bond donors (Lipinski definition) is 1. The third-order valence-electron chi connectivity index (χ3n) is 5.00. The molecule has 21 heavy (non-hydrogen) atoms. The molecule has 118 valence electrons. The minimum atomic E-state index is 0.725. The van der Waals surface area contributed by atoms with Crippen LogP contribution in [0.15, 0.2) is 24.3 Å². The SMILES string of the molecule is CCN(CC)Cc1ccccc1CNC1CCC(C)CC1. The quantitative estimate of drug-likeness (QED) is 0.809. The molecule has 0 spiro atoms. The summed E-state index contributed by atoms with van der Waals surface area (Å²) in [6.45, 7) is 11.2. The van der Waals surface area contributed by atoms with Crippen LogP contribution in [0.3, 0.4) is 0 Å². The average Bonchev–Trinajstić information content (AvgIpc) is 2.53.